The summed E-state index contributed by atoms with van der Waals surface area (Å²) >= 11 is 0. The maximum Gasteiger partial charge on any atom is 0.278 e. The first-order chi connectivity index (χ1) is 28.4. The molecule has 2 aliphatic heterocycles. The zero-order valence-electron chi connectivity index (χ0n) is 31.5. The zero-order valence-corrected chi connectivity index (χ0v) is 33.9. The van der Waals surface area contributed by atoms with E-state index in [1.54, 1.807) is 19.6 Å². The molecule has 0 saturated carbocycles. The van der Waals surface area contributed by atoms with Gasteiger partial charge < -0.3 is 16.0 Å². The van der Waals surface area contributed by atoms with E-state index in [4.69, 9.17) is 10.7 Å². The molecule has 6 aromatic heterocycles. The summed E-state index contributed by atoms with van der Waals surface area (Å²) in [5, 5.41) is 19.8. The number of pyridine rings is 2. The average Bonchev–Trinajstić information content (AvgIpc) is 4.06. The monoisotopic (exact) mass is 850 g/mol. The molecular formula is C38H35ClN14O4S2. The molecular weight excluding hydrogens is 816 g/mol. The summed E-state index contributed by atoms with van der Waals surface area (Å²) in [6.07, 6.45) is 9.44. The number of hydrogen-bond donors (Lipinski definition) is 3. The van der Waals surface area contributed by atoms with Gasteiger partial charge in [0.2, 0.25) is 0 Å². The minimum absolute atomic E-state index is 0.00849. The van der Waals surface area contributed by atoms with E-state index in [1.165, 1.54) is 51.6 Å². The highest BCUT2D eigenvalue weighted by Gasteiger charge is 2.35. The molecule has 8 aromatic rings. The molecule has 2 aliphatic rings. The van der Waals surface area contributed by atoms with Crippen LogP contribution in [0.15, 0.2) is 120 Å². The fraction of sp³-hybridized carbons (Fsp3) is 0.158. The number of hydrogen-bond acceptors (Lipinski definition) is 15. The second-order valence-electron chi connectivity index (χ2n) is 13.3. The van der Waals surface area contributed by atoms with Crippen LogP contribution in [0.3, 0.4) is 0 Å². The SMILES string of the molecule is Cn1nccc1S(=O)(=O)Cl.Cn1nccc1S(=O)(=O)N1Cc2ncnc(Nc3cnc4ccccc4c3)c2C1.c1ccc2ncc(Nc3ncnc4c3CNC4)cc2c1. The maximum absolute atomic E-state index is 13.0. The van der Waals surface area contributed by atoms with Gasteiger partial charge in [-0.3, -0.25) is 19.3 Å². The van der Waals surface area contributed by atoms with E-state index in [0.717, 1.165) is 68.9 Å². The van der Waals surface area contributed by atoms with Gasteiger partial charge in [0.1, 0.15) is 24.3 Å². The minimum atomic E-state index is -3.69. The topological polar surface area (TPSA) is 221 Å². The Hall–Kier alpha value is -6.45. The van der Waals surface area contributed by atoms with E-state index in [9.17, 15) is 16.8 Å². The number of para-hydroxylation sites is 2. The van der Waals surface area contributed by atoms with E-state index in [2.05, 4.69) is 68.2 Å². The third-order valence-electron chi connectivity index (χ3n) is 9.44. The van der Waals surface area contributed by atoms with Crippen LogP contribution in [-0.4, -0.2) is 70.6 Å². The lowest BCUT2D eigenvalue weighted by molar-refractivity contribution is 0.423. The van der Waals surface area contributed by atoms with Crippen LogP contribution in [0.5, 0.6) is 0 Å². The van der Waals surface area contributed by atoms with Crippen LogP contribution in [0.4, 0.5) is 23.0 Å². The Morgan fingerprint density at radius 3 is 1.71 bits per heavy atom. The van der Waals surface area contributed by atoms with Crippen LogP contribution in [0.2, 0.25) is 0 Å². The van der Waals surface area contributed by atoms with Gasteiger partial charge in [0.05, 0.1) is 65.1 Å². The predicted octanol–water partition coefficient (Wildman–Crippen LogP) is 4.93. The van der Waals surface area contributed by atoms with Gasteiger partial charge in [-0.15, -0.1) is 0 Å². The Labute approximate surface area is 342 Å². The lowest BCUT2D eigenvalue weighted by atomic mass is 10.2. The molecule has 21 heteroatoms. The summed E-state index contributed by atoms with van der Waals surface area (Å²) in [5.74, 6) is 1.44. The highest BCUT2D eigenvalue weighted by molar-refractivity contribution is 8.13. The average molecular weight is 851 g/mol. The highest BCUT2D eigenvalue weighted by atomic mass is 35.7. The van der Waals surface area contributed by atoms with Crippen LogP contribution in [0.25, 0.3) is 21.8 Å². The van der Waals surface area contributed by atoms with Gasteiger partial charge in [0.25, 0.3) is 19.1 Å². The third kappa shape index (κ3) is 8.57. The van der Waals surface area contributed by atoms with Gasteiger partial charge in [-0.2, -0.15) is 14.5 Å². The fourth-order valence-corrected chi connectivity index (χ4v) is 9.04. The maximum atomic E-state index is 13.0. The van der Waals surface area contributed by atoms with Crippen LogP contribution < -0.4 is 16.0 Å². The van der Waals surface area contributed by atoms with E-state index in [0.29, 0.717) is 11.5 Å². The third-order valence-corrected chi connectivity index (χ3v) is 12.7. The molecule has 0 atom stereocenters. The molecule has 0 radical (unpaired) electrons. The highest BCUT2D eigenvalue weighted by Crippen LogP contribution is 2.32. The van der Waals surface area contributed by atoms with Crippen molar-refractivity contribution < 1.29 is 16.8 Å². The Balaban J connectivity index is 0.000000139. The second kappa shape index (κ2) is 16.4. The predicted molar refractivity (Wildman–Crippen MR) is 221 cm³/mol. The number of benzene rings is 2. The van der Waals surface area contributed by atoms with E-state index in [1.807, 2.05) is 54.7 Å². The summed E-state index contributed by atoms with van der Waals surface area (Å²) in [6.45, 7) is 1.99. The fourth-order valence-electron chi connectivity index (χ4n) is 6.53. The zero-order chi connectivity index (χ0) is 41.1. The van der Waals surface area contributed by atoms with Crippen LogP contribution in [0, 0.1) is 0 Å². The van der Waals surface area contributed by atoms with Gasteiger partial charge >= 0.3 is 0 Å². The van der Waals surface area contributed by atoms with Gasteiger partial charge in [-0.25, -0.2) is 36.8 Å². The number of fused-ring (bicyclic) bond motifs is 4. The van der Waals surface area contributed by atoms with Crippen LogP contribution in [0.1, 0.15) is 22.5 Å². The lowest BCUT2D eigenvalue weighted by Crippen LogP contribution is -2.27. The molecule has 10 rings (SSSR count). The van der Waals surface area contributed by atoms with Crippen molar-refractivity contribution in [2.24, 2.45) is 14.1 Å². The smallest absolute Gasteiger partial charge is 0.278 e. The van der Waals surface area contributed by atoms with Gasteiger partial charge in [-0.05, 0) is 36.4 Å². The number of rotatable bonds is 7. The van der Waals surface area contributed by atoms with E-state index in [-0.39, 0.29) is 23.1 Å². The van der Waals surface area contributed by atoms with Crippen molar-refractivity contribution in [3.05, 3.63) is 133 Å². The van der Waals surface area contributed by atoms with Gasteiger partial charge in [-0.1, -0.05) is 36.4 Å². The molecule has 0 unspecified atom stereocenters. The number of halogens is 1. The number of aryl methyl sites for hydroxylation is 2. The van der Waals surface area contributed by atoms with Crippen molar-refractivity contribution in [1.29, 1.82) is 0 Å². The standard InChI is InChI=1S/C19H17N7O2S.C15H13N5.C4H5ClN2O2S/c1-25-18(6-7-23-25)29(27,28)26-10-15-17(11-26)21-12-22-19(15)24-14-8-13-4-2-3-5-16(13)20-9-14;1-2-4-13-10(3-1)5-11(6-17-13)20-15-12-7-16-8-14(12)18-9-19-15;1-7-4(2-3-6-7)10(5,8)9/h2-9,12H,10-11H2,1H3,(H,21,22,24);1-6,9,16H,7-8H2,(H,18,19,20);2-3H,1H3. The van der Waals surface area contributed by atoms with Crippen molar-refractivity contribution in [3.8, 4) is 0 Å². The summed E-state index contributed by atoms with van der Waals surface area (Å²) in [4.78, 5) is 26.1. The Kier molecular flexibility index (Phi) is 11.0. The molecule has 0 bridgehead atoms. The van der Waals surface area contributed by atoms with E-state index < -0.39 is 19.1 Å². The van der Waals surface area contributed by atoms with Crippen LogP contribution in [-0.2, 0) is 59.3 Å². The van der Waals surface area contributed by atoms with Crippen molar-refractivity contribution in [1.82, 2.24) is 59.1 Å². The van der Waals surface area contributed by atoms with Crippen LogP contribution >= 0.6 is 10.7 Å². The molecule has 300 valence electrons. The Bertz CT molecular complexity index is 3050. The second-order valence-corrected chi connectivity index (χ2v) is 17.7. The largest absolute Gasteiger partial charge is 0.339 e. The summed E-state index contributed by atoms with van der Waals surface area (Å²) in [6, 6.07) is 22.8. The summed E-state index contributed by atoms with van der Waals surface area (Å²) in [7, 11) is 0.829. The molecule has 2 aromatic carbocycles. The van der Waals surface area contributed by atoms with E-state index >= 15 is 0 Å². The van der Waals surface area contributed by atoms with Crippen molar-refractivity contribution >= 4 is 74.6 Å². The van der Waals surface area contributed by atoms with Crippen molar-refractivity contribution in [2.75, 3.05) is 10.6 Å². The van der Waals surface area contributed by atoms with Gasteiger partial charge in [0.15, 0.2) is 10.1 Å². The Morgan fingerprint density at radius 2 is 1.17 bits per heavy atom. The number of nitrogens with one attached hydrogen (secondary N) is 3. The first-order valence-corrected chi connectivity index (χ1v) is 21.7. The summed E-state index contributed by atoms with van der Waals surface area (Å²) in [5.41, 5.74) is 7.26. The molecule has 59 heavy (non-hydrogen) atoms. The molecule has 0 spiro atoms. The molecule has 0 aliphatic carbocycles. The normalized spacial score (nSPS) is 13.5. The molecule has 0 amide bonds. The van der Waals surface area contributed by atoms with Gasteiger partial charge in [0, 0.05) is 66.3 Å². The number of aromatic nitrogens is 10. The first kappa shape index (κ1) is 39.4. The lowest BCUT2D eigenvalue weighted by Gasteiger charge is -2.15. The molecule has 8 heterocycles. The quantitative estimate of drug-likeness (QED) is 0.181. The molecule has 18 nitrogen and oxygen atoms in total. The number of anilines is 4. The molecule has 0 saturated heterocycles. The molecule has 3 N–H and O–H groups in total. The number of nitrogens with zero attached hydrogens (tertiary/aromatic N) is 11. The number of sulfonamides is 1. The first-order valence-electron chi connectivity index (χ1n) is 17.9. The molecule has 0 fully saturated rings. The summed E-state index contributed by atoms with van der Waals surface area (Å²) < 4.78 is 51.1. The van der Waals surface area contributed by atoms with Crippen molar-refractivity contribution in [3.63, 3.8) is 0 Å². The minimum Gasteiger partial charge on any atom is -0.339 e. The van der Waals surface area contributed by atoms with Crippen molar-refractivity contribution in [2.45, 2.75) is 36.2 Å². The Morgan fingerprint density at radius 1 is 0.627 bits per heavy atom.